The number of benzene rings is 1. The Labute approximate surface area is 128 Å². The van der Waals surface area contributed by atoms with Crippen molar-refractivity contribution in [3.05, 3.63) is 28.5 Å². The molecule has 0 bridgehead atoms. The van der Waals surface area contributed by atoms with Gasteiger partial charge in [0, 0.05) is 6.04 Å². The highest BCUT2D eigenvalue weighted by Gasteiger charge is 2.22. The summed E-state index contributed by atoms with van der Waals surface area (Å²) in [6, 6.07) is 1.48. The van der Waals surface area contributed by atoms with Gasteiger partial charge in [0.1, 0.15) is 10.7 Å². The Hall–Kier alpha value is -1.18. The molecule has 0 aliphatic carbocycles. The number of nitrogens with one attached hydrogen (secondary N) is 1. The van der Waals surface area contributed by atoms with Crippen LogP contribution in [-0.2, 0) is 10.0 Å². The molecule has 3 N–H and O–H groups in total. The van der Waals surface area contributed by atoms with Gasteiger partial charge < -0.3 is 5.32 Å². The molecule has 8 heteroatoms. The molecule has 1 rings (SSSR count). The fraction of sp³-hybridized carbons (Fsp3) is 0.462. The van der Waals surface area contributed by atoms with E-state index in [1.807, 2.05) is 20.8 Å². The SMILES string of the molecule is CCC(NC(=O)c1cc(S(N)(=O)=O)c(Cl)cc1F)C(C)C. The summed E-state index contributed by atoms with van der Waals surface area (Å²) in [4.78, 5) is 11.6. The summed E-state index contributed by atoms with van der Waals surface area (Å²) in [6.07, 6.45) is 0.667. The van der Waals surface area contributed by atoms with Crippen molar-refractivity contribution >= 4 is 27.5 Å². The number of primary sulfonamides is 1. The van der Waals surface area contributed by atoms with Crippen LogP contribution < -0.4 is 10.5 Å². The lowest BCUT2D eigenvalue weighted by atomic mass is 10.0. The van der Waals surface area contributed by atoms with E-state index < -0.39 is 32.2 Å². The highest BCUT2D eigenvalue weighted by molar-refractivity contribution is 7.89. The van der Waals surface area contributed by atoms with E-state index in [0.717, 1.165) is 12.1 Å². The van der Waals surface area contributed by atoms with Crippen LogP contribution in [0, 0.1) is 11.7 Å². The molecule has 1 aromatic carbocycles. The van der Waals surface area contributed by atoms with Crippen LogP contribution >= 0.6 is 11.6 Å². The van der Waals surface area contributed by atoms with Crippen LogP contribution in [-0.4, -0.2) is 20.4 Å². The number of hydrogen-bond donors (Lipinski definition) is 2. The first-order valence-corrected chi connectivity index (χ1v) is 8.33. The lowest BCUT2D eigenvalue weighted by molar-refractivity contribution is 0.0920. The van der Waals surface area contributed by atoms with Gasteiger partial charge in [-0.05, 0) is 24.5 Å². The van der Waals surface area contributed by atoms with Crippen molar-refractivity contribution in [2.24, 2.45) is 11.1 Å². The average molecular weight is 337 g/mol. The summed E-state index contributed by atoms with van der Waals surface area (Å²) in [7, 11) is -4.14. The number of amides is 1. The predicted molar refractivity (Wildman–Crippen MR) is 79.2 cm³/mol. The van der Waals surface area contributed by atoms with E-state index in [0.29, 0.717) is 6.42 Å². The third kappa shape index (κ3) is 4.39. The molecule has 0 aliphatic heterocycles. The molecular formula is C13H18ClFN2O3S. The molecule has 0 spiro atoms. The molecule has 0 fully saturated rings. The highest BCUT2D eigenvalue weighted by Crippen LogP contribution is 2.24. The van der Waals surface area contributed by atoms with Crippen LogP contribution in [0.3, 0.4) is 0 Å². The summed E-state index contributed by atoms with van der Waals surface area (Å²) >= 11 is 5.64. The Morgan fingerprint density at radius 3 is 2.43 bits per heavy atom. The Morgan fingerprint density at radius 2 is 2.00 bits per heavy atom. The number of hydrogen-bond acceptors (Lipinski definition) is 3. The summed E-state index contributed by atoms with van der Waals surface area (Å²) in [5.74, 6) is -1.44. The Morgan fingerprint density at radius 1 is 1.43 bits per heavy atom. The van der Waals surface area contributed by atoms with E-state index >= 15 is 0 Å². The van der Waals surface area contributed by atoms with E-state index in [9.17, 15) is 17.6 Å². The first-order chi connectivity index (χ1) is 9.57. The average Bonchev–Trinajstić information content (AvgIpc) is 2.33. The Kier molecular flexibility index (Phi) is 5.72. The number of halogens is 2. The monoisotopic (exact) mass is 336 g/mol. The van der Waals surface area contributed by atoms with Crippen LogP contribution in [0.4, 0.5) is 4.39 Å². The van der Waals surface area contributed by atoms with Crippen LogP contribution in [0.2, 0.25) is 5.02 Å². The zero-order valence-corrected chi connectivity index (χ0v) is 13.6. The van der Waals surface area contributed by atoms with Crippen LogP contribution in [0.25, 0.3) is 0 Å². The normalized spacial score (nSPS) is 13.3. The molecule has 1 atom stereocenters. The first-order valence-electron chi connectivity index (χ1n) is 6.40. The molecule has 0 aromatic heterocycles. The fourth-order valence-electron chi connectivity index (χ4n) is 1.91. The van der Waals surface area contributed by atoms with Crippen molar-refractivity contribution in [3.63, 3.8) is 0 Å². The summed E-state index contributed by atoms with van der Waals surface area (Å²) in [5.41, 5.74) is -0.400. The summed E-state index contributed by atoms with van der Waals surface area (Å²) in [6.45, 7) is 5.73. The lowest BCUT2D eigenvalue weighted by Gasteiger charge is -2.21. The molecular weight excluding hydrogens is 319 g/mol. The maximum Gasteiger partial charge on any atom is 0.254 e. The van der Waals surface area contributed by atoms with Crippen molar-refractivity contribution in [2.45, 2.75) is 38.1 Å². The molecule has 1 amide bonds. The molecule has 118 valence electrons. The fourth-order valence-corrected chi connectivity index (χ4v) is 2.99. The first kappa shape index (κ1) is 17.9. The molecule has 0 saturated heterocycles. The van der Waals surface area contributed by atoms with Crippen molar-refractivity contribution < 1.29 is 17.6 Å². The van der Waals surface area contributed by atoms with Crippen LogP contribution in [0.15, 0.2) is 17.0 Å². The van der Waals surface area contributed by atoms with Gasteiger partial charge in [-0.15, -0.1) is 0 Å². The van der Waals surface area contributed by atoms with E-state index in [4.69, 9.17) is 16.7 Å². The number of rotatable bonds is 5. The second-order valence-corrected chi connectivity index (χ2v) is 6.98. The lowest BCUT2D eigenvalue weighted by Crippen LogP contribution is -2.38. The van der Waals surface area contributed by atoms with E-state index in [2.05, 4.69) is 5.32 Å². The second-order valence-electron chi connectivity index (χ2n) is 5.04. The van der Waals surface area contributed by atoms with Gasteiger partial charge in [0.2, 0.25) is 10.0 Å². The highest BCUT2D eigenvalue weighted by atomic mass is 35.5. The number of carbonyl (C=O) groups excluding carboxylic acids is 1. The predicted octanol–water partition coefficient (Wildman–Crippen LogP) is 2.29. The van der Waals surface area contributed by atoms with Gasteiger partial charge in [-0.2, -0.15) is 0 Å². The third-order valence-electron chi connectivity index (χ3n) is 3.13. The molecule has 5 nitrogen and oxygen atoms in total. The number of carbonyl (C=O) groups is 1. The summed E-state index contributed by atoms with van der Waals surface area (Å²) in [5, 5.41) is 7.29. The van der Waals surface area contributed by atoms with Crippen molar-refractivity contribution in [3.8, 4) is 0 Å². The van der Waals surface area contributed by atoms with Gasteiger partial charge >= 0.3 is 0 Å². The Bertz CT molecular complexity index is 647. The standard InChI is InChI=1S/C13H18ClFN2O3S/c1-4-11(7(2)3)17-13(18)8-5-12(21(16,19)20)9(14)6-10(8)15/h5-7,11H,4H2,1-3H3,(H,17,18)(H2,16,19,20). The zero-order valence-electron chi connectivity index (χ0n) is 12.0. The van der Waals surface area contributed by atoms with E-state index in [1.54, 1.807) is 0 Å². The zero-order chi connectivity index (χ0) is 16.4. The smallest absolute Gasteiger partial charge is 0.254 e. The molecule has 0 aliphatic rings. The summed E-state index contributed by atoms with van der Waals surface area (Å²) < 4.78 is 36.6. The maximum atomic E-state index is 13.8. The van der Waals surface area contributed by atoms with E-state index in [-0.39, 0.29) is 17.0 Å². The second kappa shape index (κ2) is 6.72. The molecule has 0 heterocycles. The third-order valence-corrected chi connectivity index (χ3v) is 4.51. The quantitative estimate of drug-likeness (QED) is 0.864. The largest absolute Gasteiger partial charge is 0.349 e. The van der Waals surface area contributed by atoms with Crippen molar-refractivity contribution in [1.82, 2.24) is 5.32 Å². The number of sulfonamides is 1. The van der Waals surface area contributed by atoms with Crippen molar-refractivity contribution in [2.75, 3.05) is 0 Å². The van der Waals surface area contributed by atoms with Crippen LogP contribution in [0.1, 0.15) is 37.6 Å². The van der Waals surface area contributed by atoms with Gasteiger partial charge in [0.15, 0.2) is 0 Å². The minimum Gasteiger partial charge on any atom is -0.349 e. The Balaban J connectivity index is 3.22. The molecule has 1 aromatic rings. The van der Waals surface area contributed by atoms with Gasteiger partial charge in [-0.25, -0.2) is 17.9 Å². The number of nitrogens with two attached hydrogens (primary N) is 1. The minimum atomic E-state index is -4.14. The minimum absolute atomic E-state index is 0.148. The van der Waals surface area contributed by atoms with E-state index in [1.165, 1.54) is 0 Å². The topological polar surface area (TPSA) is 89.3 Å². The van der Waals surface area contributed by atoms with Crippen LogP contribution in [0.5, 0.6) is 0 Å². The van der Waals surface area contributed by atoms with Gasteiger partial charge in [0.05, 0.1) is 10.6 Å². The molecule has 0 saturated carbocycles. The molecule has 21 heavy (non-hydrogen) atoms. The van der Waals surface area contributed by atoms with Crippen molar-refractivity contribution in [1.29, 1.82) is 0 Å². The van der Waals surface area contributed by atoms with Gasteiger partial charge in [-0.1, -0.05) is 32.4 Å². The van der Waals surface area contributed by atoms with Gasteiger partial charge in [-0.3, -0.25) is 4.79 Å². The van der Waals surface area contributed by atoms with Gasteiger partial charge in [0.25, 0.3) is 5.91 Å². The molecule has 1 unspecified atom stereocenters. The maximum absolute atomic E-state index is 13.8. The molecule has 0 radical (unpaired) electrons.